The van der Waals surface area contributed by atoms with Crippen LogP contribution in [0.5, 0.6) is 51.7 Å². The fourth-order valence-electron chi connectivity index (χ4n) is 7.81. The molecule has 1 aliphatic heterocycles. The van der Waals surface area contributed by atoms with Gasteiger partial charge in [-0.25, -0.2) is 4.98 Å². The minimum atomic E-state index is -0.204. The molecule has 1 aliphatic carbocycles. The maximum atomic E-state index is 9.55. The molecule has 376 valence electrons. The molecule has 2 fully saturated rings. The summed E-state index contributed by atoms with van der Waals surface area (Å²) in [6, 6.07) is 36.1. The molecule has 7 aromatic rings. The first-order valence-electron chi connectivity index (χ1n) is 24.0. The maximum Gasteiger partial charge on any atom is 0.157 e. The lowest BCUT2D eigenvalue weighted by Crippen LogP contribution is -2.59. The largest absolute Gasteiger partial charge is 0.508 e. The minimum absolute atomic E-state index is 0.0461. The van der Waals surface area contributed by atoms with Crippen LogP contribution >= 0.6 is 0 Å². The number of H-pyrrole nitrogens is 1. The van der Waals surface area contributed by atoms with E-state index in [0.29, 0.717) is 19.0 Å². The molecule has 0 amide bonds. The molecule has 0 radical (unpaired) electrons. The summed E-state index contributed by atoms with van der Waals surface area (Å²) in [5, 5.41) is 98.7. The molecule has 15 heteroatoms. The second-order valence-electron chi connectivity index (χ2n) is 18.2. The summed E-state index contributed by atoms with van der Waals surface area (Å²) >= 11 is 0. The van der Waals surface area contributed by atoms with Crippen LogP contribution < -0.4 is 10.6 Å². The van der Waals surface area contributed by atoms with Crippen molar-refractivity contribution in [3.05, 3.63) is 185 Å². The van der Waals surface area contributed by atoms with E-state index in [1.54, 1.807) is 66.7 Å². The lowest BCUT2D eigenvalue weighted by atomic mass is 9.95. The predicted octanol–water partition coefficient (Wildman–Crippen LogP) is 8.48. The third kappa shape index (κ3) is 16.0. The molecule has 1 aromatic heterocycles. The van der Waals surface area contributed by atoms with Crippen LogP contribution in [0.2, 0.25) is 0 Å². The lowest BCUT2D eigenvalue weighted by Gasteiger charge is -2.40. The van der Waals surface area contributed by atoms with E-state index in [2.05, 4.69) is 31.9 Å². The first-order chi connectivity index (χ1) is 34.7. The van der Waals surface area contributed by atoms with E-state index in [1.165, 1.54) is 29.8 Å². The number of aromatic amines is 1. The monoisotopic (exact) mass is 977 g/mol. The Labute approximate surface area is 418 Å². The van der Waals surface area contributed by atoms with Crippen molar-refractivity contribution in [3.63, 3.8) is 0 Å². The number of aryl methyl sites for hydroxylation is 4. The zero-order chi connectivity index (χ0) is 50.9. The van der Waals surface area contributed by atoms with E-state index in [0.717, 1.165) is 110 Å². The first-order valence-corrected chi connectivity index (χ1v) is 24.0. The van der Waals surface area contributed by atoms with Gasteiger partial charge in [-0.15, -0.1) is 0 Å². The number of nitrogens with one attached hydrogen (secondary N) is 3. The van der Waals surface area contributed by atoms with Crippen molar-refractivity contribution >= 4 is 12.2 Å². The van der Waals surface area contributed by atoms with Gasteiger partial charge in [0.2, 0.25) is 0 Å². The summed E-state index contributed by atoms with van der Waals surface area (Å²) in [6.45, 7) is 2.86. The van der Waals surface area contributed by atoms with Crippen molar-refractivity contribution in [1.82, 2.24) is 25.8 Å². The highest BCUT2D eigenvalue weighted by Crippen LogP contribution is 2.38. The van der Waals surface area contributed by atoms with Gasteiger partial charge in [-0.1, -0.05) is 78.9 Å². The quantitative estimate of drug-likeness (QED) is 0.0340. The highest BCUT2D eigenvalue weighted by Gasteiger charge is 2.39. The fraction of sp³-hybridized carbons (Fsp3) is 0.263. The highest BCUT2D eigenvalue weighted by atomic mass is 16.5. The van der Waals surface area contributed by atoms with E-state index in [4.69, 9.17) is 4.74 Å². The van der Waals surface area contributed by atoms with Crippen molar-refractivity contribution in [2.45, 2.75) is 68.9 Å². The number of phenols is 9. The fourth-order valence-corrected chi connectivity index (χ4v) is 7.81. The summed E-state index contributed by atoms with van der Waals surface area (Å²) < 4.78 is 5.35. The topological polar surface area (TPSA) is 257 Å². The van der Waals surface area contributed by atoms with Crippen LogP contribution in [-0.4, -0.2) is 98.5 Å². The zero-order valence-electron chi connectivity index (χ0n) is 40.0. The van der Waals surface area contributed by atoms with E-state index in [1.807, 2.05) is 54.6 Å². The number of hydrogen-bond acceptors (Lipinski definition) is 14. The van der Waals surface area contributed by atoms with Gasteiger partial charge in [0.15, 0.2) is 40.3 Å². The summed E-state index contributed by atoms with van der Waals surface area (Å²) in [5.41, 5.74) is 5.98. The molecule has 0 bridgehead atoms. The number of rotatable bonds is 19. The third-order valence-electron chi connectivity index (χ3n) is 12.4. The average Bonchev–Trinajstić information content (AvgIpc) is 3.99. The van der Waals surface area contributed by atoms with Crippen molar-refractivity contribution < 1.29 is 50.7 Å². The van der Waals surface area contributed by atoms with Crippen LogP contribution in [0.25, 0.3) is 12.2 Å². The van der Waals surface area contributed by atoms with E-state index >= 15 is 0 Å². The molecule has 2 aliphatic rings. The molecule has 2 heterocycles. The van der Waals surface area contributed by atoms with Gasteiger partial charge in [-0.2, -0.15) is 5.10 Å². The highest BCUT2D eigenvalue weighted by molar-refractivity contribution is 5.58. The summed E-state index contributed by atoms with van der Waals surface area (Å²) in [4.78, 5) is 4.50. The molecule has 0 spiro atoms. The van der Waals surface area contributed by atoms with Gasteiger partial charge in [0.1, 0.15) is 23.1 Å². The normalized spacial score (nSPS) is 14.2. The van der Waals surface area contributed by atoms with Crippen LogP contribution in [0.1, 0.15) is 64.3 Å². The summed E-state index contributed by atoms with van der Waals surface area (Å²) in [6.07, 6.45) is 16.0. The van der Waals surface area contributed by atoms with Crippen molar-refractivity contribution in [3.8, 4) is 51.7 Å². The van der Waals surface area contributed by atoms with Gasteiger partial charge >= 0.3 is 0 Å². The van der Waals surface area contributed by atoms with Crippen molar-refractivity contribution in [2.24, 2.45) is 0 Å². The Bertz CT molecular complexity index is 2880. The average molecular weight is 978 g/mol. The molecule has 6 aromatic carbocycles. The van der Waals surface area contributed by atoms with Crippen LogP contribution in [0, 0.1) is 0 Å². The number of phenolic OH excluding ortho intramolecular Hbond substituents is 9. The zero-order valence-corrected chi connectivity index (χ0v) is 40.0. The molecular formula is C57H63N5O10. The van der Waals surface area contributed by atoms with Gasteiger partial charge in [0.25, 0.3) is 0 Å². The Morgan fingerprint density at radius 3 is 1.36 bits per heavy atom. The minimum Gasteiger partial charge on any atom is -0.508 e. The number of nitrogens with zero attached hydrogens (tertiary/aromatic N) is 2. The molecule has 0 unspecified atom stereocenters. The van der Waals surface area contributed by atoms with E-state index < -0.39 is 0 Å². The maximum absolute atomic E-state index is 9.55. The second kappa shape index (κ2) is 24.7. The van der Waals surface area contributed by atoms with Crippen LogP contribution in [0.3, 0.4) is 0 Å². The Balaban J connectivity index is 0.000000159. The predicted molar refractivity (Wildman–Crippen MR) is 276 cm³/mol. The van der Waals surface area contributed by atoms with Crippen molar-refractivity contribution in [2.75, 3.05) is 26.3 Å². The third-order valence-corrected chi connectivity index (χ3v) is 12.4. The Hall–Kier alpha value is -7.98. The first kappa shape index (κ1) is 51.9. The number of benzene rings is 6. The van der Waals surface area contributed by atoms with Gasteiger partial charge in [-0.05, 0) is 158 Å². The number of aromatic nitrogens is 3. The Morgan fingerprint density at radius 1 is 0.458 bits per heavy atom. The number of hydrogen-bond donors (Lipinski definition) is 12. The van der Waals surface area contributed by atoms with Gasteiger partial charge in [-0.3, -0.25) is 5.10 Å². The van der Waals surface area contributed by atoms with E-state index in [9.17, 15) is 46.0 Å². The lowest BCUT2D eigenvalue weighted by molar-refractivity contribution is -0.0470. The van der Waals surface area contributed by atoms with E-state index in [-0.39, 0.29) is 57.1 Å². The van der Waals surface area contributed by atoms with Gasteiger partial charge in [0, 0.05) is 24.9 Å². The summed E-state index contributed by atoms with van der Waals surface area (Å²) in [7, 11) is 0. The molecule has 9 rings (SSSR count). The Morgan fingerprint density at radius 2 is 0.903 bits per heavy atom. The molecular weight excluding hydrogens is 915 g/mol. The van der Waals surface area contributed by atoms with Crippen molar-refractivity contribution in [1.29, 1.82) is 0 Å². The molecule has 1 saturated heterocycles. The molecule has 1 saturated carbocycles. The SMILES string of the molecule is Oc1ccc(CCNC2(/C=C/c3ccc(O)c(O)c3)CC2)cc1.Oc1ccc(CCNC2(/C=C/c3ccc(O)c(O)c3)COC2)cc1.Oc1ccc(CCc2n[nH]c(CCCc3ccc(O)c(O)c3)n2)cc1. The molecule has 72 heavy (non-hydrogen) atoms. The molecule has 12 N–H and O–H groups in total. The van der Waals surface area contributed by atoms with Crippen LogP contribution in [0.15, 0.2) is 140 Å². The second-order valence-corrected chi connectivity index (χ2v) is 18.2. The smallest absolute Gasteiger partial charge is 0.157 e. The number of aromatic hydroxyl groups is 9. The van der Waals surface area contributed by atoms with Gasteiger partial charge < -0.3 is 61.3 Å². The summed E-state index contributed by atoms with van der Waals surface area (Å²) in [5.74, 6) is 1.83. The molecule has 15 nitrogen and oxygen atoms in total. The van der Waals surface area contributed by atoms with Gasteiger partial charge in [0.05, 0.1) is 18.8 Å². The van der Waals surface area contributed by atoms with Crippen LogP contribution in [0.4, 0.5) is 0 Å². The standard InChI is InChI=1S/C19H21N3O3.C19H21NO4.C19H21NO3/c23-15-8-4-13(5-9-15)7-11-19-20-18(21-22-19)3-1-2-14-6-10-16(24)17(25)12-14;21-16-4-1-14(2-5-16)8-10-20-19(12-24-13-19)9-7-15-3-6-17(22)18(23)11-15;21-16-4-1-14(2-5-16)8-12-20-19(10-11-19)9-7-15-3-6-17(22)18(23)13-15/h4-6,8-10,12,23-25H,1-3,7,11H2,(H,20,21,22);1-7,9,11,20-23H,8,10,12-13H2;1-7,9,13,20-23H,8,10-12H2/b;2*9-7+. The molecule has 0 atom stereocenters. The van der Waals surface area contributed by atoms with Crippen LogP contribution in [-0.2, 0) is 43.3 Å². The number of ether oxygens (including phenoxy) is 1. The Kier molecular flexibility index (Phi) is 17.8.